The molecule has 5 heteroatoms. The predicted octanol–water partition coefficient (Wildman–Crippen LogP) is 2.98. The average Bonchev–Trinajstić information content (AvgIpc) is 3.10. The van der Waals surface area contributed by atoms with Gasteiger partial charge in [0.1, 0.15) is 0 Å². The Balaban J connectivity index is 1.49. The van der Waals surface area contributed by atoms with Gasteiger partial charge < -0.3 is 5.73 Å². The molecule has 102 valence electrons. The van der Waals surface area contributed by atoms with Gasteiger partial charge in [-0.15, -0.1) is 23.1 Å². The van der Waals surface area contributed by atoms with Crippen LogP contribution in [0.3, 0.4) is 0 Å². The molecule has 3 nitrogen and oxygen atoms in total. The van der Waals surface area contributed by atoms with Gasteiger partial charge in [0, 0.05) is 40.4 Å². The number of thiazole rings is 1. The van der Waals surface area contributed by atoms with Crippen molar-refractivity contribution in [2.45, 2.75) is 29.0 Å². The maximum atomic E-state index is 6.41. The Labute approximate surface area is 125 Å². The fraction of sp³-hybridized carbons (Fsp3) is 0.267. The summed E-state index contributed by atoms with van der Waals surface area (Å²) in [7, 11) is 0. The van der Waals surface area contributed by atoms with E-state index in [0.29, 0.717) is 5.25 Å². The first-order chi connectivity index (χ1) is 9.79. The summed E-state index contributed by atoms with van der Waals surface area (Å²) in [5, 5.41) is 2.52. The van der Waals surface area contributed by atoms with Crippen LogP contribution in [0.25, 0.3) is 4.96 Å². The van der Waals surface area contributed by atoms with Gasteiger partial charge >= 0.3 is 0 Å². The smallest absolute Gasteiger partial charge is 0.193 e. The second-order valence-corrected chi connectivity index (χ2v) is 7.32. The summed E-state index contributed by atoms with van der Waals surface area (Å²) in [6.45, 7) is 0. The minimum atomic E-state index is 0.150. The van der Waals surface area contributed by atoms with Crippen LogP contribution in [0.4, 0.5) is 0 Å². The van der Waals surface area contributed by atoms with E-state index in [2.05, 4.69) is 45.2 Å². The molecule has 2 N–H and O–H groups in total. The van der Waals surface area contributed by atoms with Gasteiger partial charge in [-0.3, -0.25) is 4.40 Å². The molecule has 3 heterocycles. The Morgan fingerprint density at radius 1 is 1.40 bits per heavy atom. The highest BCUT2D eigenvalue weighted by atomic mass is 32.2. The van der Waals surface area contributed by atoms with Crippen molar-refractivity contribution >= 4 is 28.1 Å². The van der Waals surface area contributed by atoms with E-state index in [1.165, 1.54) is 10.5 Å². The van der Waals surface area contributed by atoms with E-state index in [0.717, 1.165) is 23.5 Å². The van der Waals surface area contributed by atoms with Crippen LogP contribution in [0.15, 0.2) is 46.9 Å². The molecule has 0 aliphatic carbocycles. The summed E-state index contributed by atoms with van der Waals surface area (Å²) in [5.41, 5.74) is 8.95. The monoisotopic (exact) mass is 301 g/mol. The molecule has 0 saturated carbocycles. The van der Waals surface area contributed by atoms with Crippen molar-refractivity contribution in [3.05, 3.63) is 53.3 Å². The van der Waals surface area contributed by atoms with Crippen molar-refractivity contribution in [2.75, 3.05) is 0 Å². The van der Waals surface area contributed by atoms with E-state index in [1.54, 1.807) is 11.3 Å². The van der Waals surface area contributed by atoms with E-state index < -0.39 is 0 Å². The van der Waals surface area contributed by atoms with Crippen molar-refractivity contribution < 1.29 is 0 Å². The largest absolute Gasteiger partial charge is 0.326 e. The van der Waals surface area contributed by atoms with Crippen molar-refractivity contribution in [2.24, 2.45) is 5.73 Å². The molecule has 1 aliphatic rings. The first-order valence-corrected chi connectivity index (χ1v) is 8.47. The van der Waals surface area contributed by atoms with Gasteiger partial charge in [-0.1, -0.05) is 18.2 Å². The van der Waals surface area contributed by atoms with Crippen molar-refractivity contribution in [1.82, 2.24) is 9.38 Å². The number of hydrogen-bond acceptors (Lipinski definition) is 4. The van der Waals surface area contributed by atoms with E-state index in [9.17, 15) is 0 Å². The summed E-state index contributed by atoms with van der Waals surface area (Å²) in [6, 6.07) is 8.76. The number of benzene rings is 1. The minimum Gasteiger partial charge on any atom is -0.326 e. The Hall–Kier alpha value is -1.30. The number of nitrogens with two attached hydrogens (primary N) is 1. The number of hydrogen-bond donors (Lipinski definition) is 1. The molecular weight excluding hydrogens is 286 g/mol. The molecule has 0 saturated heterocycles. The van der Waals surface area contributed by atoms with Crippen LogP contribution in [-0.2, 0) is 12.8 Å². The number of fused-ring (bicyclic) bond motifs is 2. The number of nitrogens with zero attached hydrogens (tertiary/aromatic N) is 2. The Morgan fingerprint density at radius 2 is 2.30 bits per heavy atom. The third kappa shape index (κ3) is 2.16. The van der Waals surface area contributed by atoms with Gasteiger partial charge in [0.15, 0.2) is 4.96 Å². The Morgan fingerprint density at radius 3 is 3.15 bits per heavy atom. The Bertz CT molecular complexity index is 693. The molecular formula is C15H15N3S2. The summed E-state index contributed by atoms with van der Waals surface area (Å²) >= 11 is 3.58. The van der Waals surface area contributed by atoms with Gasteiger partial charge in [0.2, 0.25) is 0 Å². The molecule has 1 aromatic carbocycles. The van der Waals surface area contributed by atoms with Crippen LogP contribution >= 0.6 is 23.1 Å². The summed E-state index contributed by atoms with van der Waals surface area (Å²) in [5.74, 6) is 0. The zero-order chi connectivity index (χ0) is 13.5. The first-order valence-electron chi connectivity index (χ1n) is 6.71. The number of rotatable bonds is 3. The molecule has 4 rings (SSSR count). The molecule has 2 unspecified atom stereocenters. The summed E-state index contributed by atoms with van der Waals surface area (Å²) in [6.07, 6.45) is 6.06. The second-order valence-electron chi connectivity index (χ2n) is 5.16. The molecule has 1 aliphatic heterocycles. The third-order valence-corrected chi connectivity index (χ3v) is 5.98. The SMILES string of the molecule is NC(Cc1cn2ccsc2n1)C1Cc2ccccc2S1. The fourth-order valence-electron chi connectivity index (χ4n) is 2.70. The zero-order valence-corrected chi connectivity index (χ0v) is 12.5. The molecule has 2 aromatic heterocycles. The van der Waals surface area contributed by atoms with Crippen LogP contribution in [0, 0.1) is 0 Å². The quantitative estimate of drug-likeness (QED) is 0.809. The molecule has 0 spiro atoms. The normalized spacial score (nSPS) is 19.4. The van der Waals surface area contributed by atoms with Crippen LogP contribution in [-0.4, -0.2) is 20.7 Å². The van der Waals surface area contributed by atoms with Crippen molar-refractivity contribution in [3.8, 4) is 0 Å². The first kappa shape index (κ1) is 12.4. The van der Waals surface area contributed by atoms with Crippen LogP contribution in [0.2, 0.25) is 0 Å². The number of thioether (sulfide) groups is 1. The van der Waals surface area contributed by atoms with Gasteiger partial charge in [-0.05, 0) is 18.1 Å². The Kier molecular flexibility index (Phi) is 3.06. The highest BCUT2D eigenvalue weighted by Crippen LogP contribution is 2.38. The van der Waals surface area contributed by atoms with Crippen LogP contribution in [0.5, 0.6) is 0 Å². The predicted molar refractivity (Wildman–Crippen MR) is 84.5 cm³/mol. The maximum Gasteiger partial charge on any atom is 0.193 e. The lowest BCUT2D eigenvalue weighted by Crippen LogP contribution is -2.34. The molecule has 0 fully saturated rings. The lowest BCUT2D eigenvalue weighted by atomic mass is 10.0. The summed E-state index contributed by atoms with van der Waals surface area (Å²) in [4.78, 5) is 7.06. The standard InChI is InChI=1S/C15H15N3S2/c16-12(8-11-9-18-5-6-19-15(18)17-11)14-7-10-3-1-2-4-13(10)20-14/h1-6,9,12,14H,7-8,16H2. The highest BCUT2D eigenvalue weighted by molar-refractivity contribution is 8.00. The van der Waals surface area contributed by atoms with E-state index >= 15 is 0 Å². The van der Waals surface area contributed by atoms with E-state index in [-0.39, 0.29) is 6.04 Å². The van der Waals surface area contributed by atoms with Gasteiger partial charge in [-0.2, -0.15) is 0 Å². The topological polar surface area (TPSA) is 43.3 Å². The zero-order valence-electron chi connectivity index (χ0n) is 10.9. The minimum absolute atomic E-state index is 0.150. The molecule has 0 radical (unpaired) electrons. The molecule has 20 heavy (non-hydrogen) atoms. The third-order valence-electron chi connectivity index (χ3n) is 3.74. The van der Waals surface area contributed by atoms with E-state index in [1.807, 2.05) is 18.0 Å². The molecule has 0 bridgehead atoms. The molecule has 2 atom stereocenters. The van der Waals surface area contributed by atoms with Crippen LogP contribution in [0.1, 0.15) is 11.3 Å². The number of imidazole rings is 1. The van der Waals surface area contributed by atoms with Gasteiger partial charge in [-0.25, -0.2) is 4.98 Å². The van der Waals surface area contributed by atoms with Crippen LogP contribution < -0.4 is 5.73 Å². The van der Waals surface area contributed by atoms with Gasteiger partial charge in [0.05, 0.1) is 5.69 Å². The van der Waals surface area contributed by atoms with Crippen molar-refractivity contribution in [3.63, 3.8) is 0 Å². The molecule has 3 aromatic rings. The van der Waals surface area contributed by atoms with E-state index in [4.69, 9.17) is 5.73 Å². The molecule has 0 amide bonds. The lowest BCUT2D eigenvalue weighted by Gasteiger charge is -2.16. The number of aromatic nitrogens is 2. The highest BCUT2D eigenvalue weighted by Gasteiger charge is 2.27. The lowest BCUT2D eigenvalue weighted by molar-refractivity contribution is 0.626. The summed E-state index contributed by atoms with van der Waals surface area (Å²) < 4.78 is 2.07. The second kappa shape index (κ2) is 4.91. The van der Waals surface area contributed by atoms with Gasteiger partial charge in [0.25, 0.3) is 0 Å². The fourth-order valence-corrected chi connectivity index (χ4v) is 4.73. The average molecular weight is 301 g/mol. The maximum absolute atomic E-state index is 6.41. The van der Waals surface area contributed by atoms with Crippen molar-refractivity contribution in [1.29, 1.82) is 0 Å².